The third kappa shape index (κ3) is 7.31. The molecule has 0 N–H and O–H groups in total. The van der Waals surface area contributed by atoms with Gasteiger partial charge < -0.3 is 4.74 Å². The first-order valence-electron chi connectivity index (χ1n) is 14.0. The molecule has 0 fully saturated rings. The van der Waals surface area contributed by atoms with Gasteiger partial charge in [-0.05, 0) is 71.2 Å². The third-order valence-electron chi connectivity index (χ3n) is 6.96. The fraction of sp³-hybridized carbons (Fsp3) is 0.108. The Bertz CT molecular complexity index is 1660. The molecular weight excluding hydrogens is 564 g/mol. The minimum absolute atomic E-state index is 0.101. The molecule has 0 aliphatic rings. The first kappa shape index (κ1) is 30.0. The van der Waals surface area contributed by atoms with Crippen molar-refractivity contribution in [1.29, 1.82) is 0 Å². The van der Waals surface area contributed by atoms with Gasteiger partial charge >= 0.3 is 12.1 Å². The van der Waals surface area contributed by atoms with Crippen LogP contribution < -0.4 is 15.9 Å². The molecule has 0 aliphatic carbocycles. The second-order valence-electron chi connectivity index (χ2n) is 9.87. The number of benzene rings is 5. The van der Waals surface area contributed by atoms with E-state index in [1.54, 1.807) is 13.0 Å². The molecule has 0 heterocycles. The van der Waals surface area contributed by atoms with Crippen LogP contribution >= 0.6 is 7.92 Å². The molecule has 0 aliphatic heterocycles. The molecule has 0 spiro atoms. The average Bonchev–Trinajstić information content (AvgIpc) is 3.02. The van der Waals surface area contributed by atoms with Crippen LogP contribution in [0.15, 0.2) is 139 Å². The smallest absolute Gasteiger partial charge is 0.416 e. The van der Waals surface area contributed by atoms with E-state index in [4.69, 9.17) is 4.74 Å². The van der Waals surface area contributed by atoms with E-state index < -0.39 is 25.6 Å². The maximum absolute atomic E-state index is 14.1. The van der Waals surface area contributed by atoms with E-state index in [1.807, 2.05) is 91.0 Å². The van der Waals surface area contributed by atoms with Gasteiger partial charge in [-0.15, -0.1) is 0 Å². The van der Waals surface area contributed by atoms with Gasteiger partial charge in [-0.25, -0.2) is 4.79 Å². The van der Waals surface area contributed by atoms with Crippen LogP contribution in [0.4, 0.5) is 13.2 Å². The lowest BCUT2D eigenvalue weighted by Crippen LogP contribution is -2.22. The highest BCUT2D eigenvalue weighted by molar-refractivity contribution is 7.80. The summed E-state index contributed by atoms with van der Waals surface area (Å²) in [5, 5.41) is 3.10. The Morgan fingerprint density at radius 3 is 1.86 bits per heavy atom. The molecule has 0 bridgehead atoms. The summed E-state index contributed by atoms with van der Waals surface area (Å²) in [6.45, 7) is 1.92. The predicted octanol–water partition coefficient (Wildman–Crippen LogP) is 8.32. The van der Waals surface area contributed by atoms with Crippen molar-refractivity contribution in [2.75, 3.05) is 6.61 Å². The van der Waals surface area contributed by atoms with E-state index in [0.717, 1.165) is 27.5 Å². The lowest BCUT2D eigenvalue weighted by molar-refractivity contribution is -0.139. The van der Waals surface area contributed by atoms with Crippen molar-refractivity contribution in [2.45, 2.75) is 19.5 Å². The Morgan fingerprint density at radius 1 is 0.721 bits per heavy atom. The highest BCUT2D eigenvalue weighted by Gasteiger charge is 2.32. The second-order valence-corrected chi connectivity index (χ2v) is 12.1. The van der Waals surface area contributed by atoms with E-state index >= 15 is 0 Å². The maximum atomic E-state index is 14.1. The van der Waals surface area contributed by atoms with Crippen LogP contribution in [0, 0.1) is 0 Å². The van der Waals surface area contributed by atoms with Crippen LogP contribution in [-0.2, 0) is 22.1 Å². The molecular formula is C37H30F3O2P. The Morgan fingerprint density at radius 2 is 1.28 bits per heavy atom. The zero-order valence-corrected chi connectivity index (χ0v) is 24.5. The zero-order chi connectivity index (χ0) is 30.2. The number of ether oxygens (including phenoxy) is 1. The van der Waals surface area contributed by atoms with Gasteiger partial charge in [-0.2, -0.15) is 13.2 Å². The van der Waals surface area contributed by atoms with Crippen molar-refractivity contribution in [3.63, 3.8) is 0 Å². The Kier molecular flexibility index (Phi) is 9.54. The van der Waals surface area contributed by atoms with E-state index in [-0.39, 0.29) is 13.0 Å². The largest absolute Gasteiger partial charge is 0.463 e. The van der Waals surface area contributed by atoms with Crippen molar-refractivity contribution in [2.24, 2.45) is 0 Å². The first-order chi connectivity index (χ1) is 20.8. The highest BCUT2D eigenvalue weighted by atomic mass is 31.1. The summed E-state index contributed by atoms with van der Waals surface area (Å²) in [5.41, 5.74) is 2.16. The SMILES string of the molecule is CCOC(=O)/C(=C/c1ccccc1)Cc1ccc(C(F)(F)F)cc1-c1ccccc1P(c1ccccc1)c1ccccc1. The highest BCUT2D eigenvalue weighted by Crippen LogP contribution is 2.40. The summed E-state index contributed by atoms with van der Waals surface area (Å²) < 4.78 is 47.7. The lowest BCUT2D eigenvalue weighted by Gasteiger charge is -2.24. The van der Waals surface area contributed by atoms with Gasteiger partial charge in [0.2, 0.25) is 0 Å². The first-order valence-corrected chi connectivity index (χ1v) is 15.3. The van der Waals surface area contributed by atoms with E-state index in [1.165, 1.54) is 12.1 Å². The van der Waals surface area contributed by atoms with E-state index in [2.05, 4.69) is 24.3 Å². The minimum atomic E-state index is -4.53. The van der Waals surface area contributed by atoms with Crippen LogP contribution in [0.1, 0.15) is 23.6 Å². The number of carbonyl (C=O) groups is 1. The topological polar surface area (TPSA) is 26.3 Å². The van der Waals surface area contributed by atoms with Crippen LogP contribution in [0.2, 0.25) is 0 Å². The lowest BCUT2D eigenvalue weighted by atomic mass is 9.92. The monoisotopic (exact) mass is 594 g/mol. The fourth-order valence-electron chi connectivity index (χ4n) is 5.00. The second kappa shape index (κ2) is 13.7. The molecule has 0 amide bonds. The third-order valence-corrected chi connectivity index (χ3v) is 9.46. The number of hydrogen-bond donors (Lipinski definition) is 0. The quantitative estimate of drug-likeness (QED) is 0.0975. The molecule has 0 radical (unpaired) electrons. The number of alkyl halides is 3. The number of rotatable bonds is 9. The number of esters is 1. The summed E-state index contributed by atoms with van der Waals surface area (Å²) in [5.74, 6) is -0.499. The molecule has 0 saturated carbocycles. The molecule has 6 heteroatoms. The Hall–Kier alpha value is -4.47. The van der Waals surface area contributed by atoms with E-state index in [9.17, 15) is 18.0 Å². The molecule has 216 valence electrons. The molecule has 2 nitrogen and oxygen atoms in total. The number of halogens is 3. The van der Waals surface area contributed by atoms with Gasteiger partial charge in [-0.1, -0.05) is 121 Å². The zero-order valence-electron chi connectivity index (χ0n) is 23.6. The van der Waals surface area contributed by atoms with Crippen molar-refractivity contribution < 1.29 is 22.7 Å². The van der Waals surface area contributed by atoms with Gasteiger partial charge in [0.05, 0.1) is 12.2 Å². The molecule has 0 atom stereocenters. The van der Waals surface area contributed by atoms with Crippen molar-refractivity contribution >= 4 is 35.9 Å². The summed E-state index contributed by atoms with van der Waals surface area (Å²) in [7, 11) is -1.11. The summed E-state index contributed by atoms with van der Waals surface area (Å²) >= 11 is 0. The van der Waals surface area contributed by atoms with Gasteiger partial charge in [0, 0.05) is 12.0 Å². The molecule has 5 aromatic rings. The average molecular weight is 595 g/mol. The van der Waals surface area contributed by atoms with Crippen molar-refractivity contribution in [3.8, 4) is 11.1 Å². The molecule has 5 aromatic carbocycles. The molecule has 5 rings (SSSR count). The normalized spacial score (nSPS) is 11.9. The predicted molar refractivity (Wildman–Crippen MR) is 170 cm³/mol. The van der Waals surface area contributed by atoms with Crippen LogP contribution in [0.5, 0.6) is 0 Å². The maximum Gasteiger partial charge on any atom is 0.416 e. The van der Waals surface area contributed by atoms with Gasteiger partial charge in [0.1, 0.15) is 0 Å². The summed E-state index contributed by atoms with van der Waals surface area (Å²) in [6, 6.07) is 40.8. The Balaban J connectivity index is 1.71. The molecule has 0 aromatic heterocycles. The molecule has 0 unspecified atom stereocenters. The van der Waals surface area contributed by atoms with Crippen LogP contribution in [0.25, 0.3) is 17.2 Å². The number of carbonyl (C=O) groups excluding carboxylic acids is 1. The van der Waals surface area contributed by atoms with Crippen molar-refractivity contribution in [3.05, 3.63) is 156 Å². The van der Waals surface area contributed by atoms with Crippen LogP contribution in [-0.4, -0.2) is 12.6 Å². The minimum Gasteiger partial charge on any atom is -0.463 e. The fourth-order valence-corrected chi connectivity index (χ4v) is 7.46. The van der Waals surface area contributed by atoms with Crippen LogP contribution in [0.3, 0.4) is 0 Å². The standard InChI is InChI=1S/C37H30F3O2P/c1-2-42-36(41)29(24-27-14-6-3-7-15-27)25-28-22-23-30(37(38,39)40)26-34(28)33-20-12-13-21-35(33)43(31-16-8-4-9-17-31)32-18-10-5-11-19-32/h3-24,26H,2,25H2,1H3/b29-24+. The molecule has 0 saturated heterocycles. The van der Waals surface area contributed by atoms with E-state index in [0.29, 0.717) is 22.3 Å². The summed E-state index contributed by atoms with van der Waals surface area (Å²) in [4.78, 5) is 13.1. The van der Waals surface area contributed by atoms with Crippen molar-refractivity contribution in [1.82, 2.24) is 0 Å². The molecule has 43 heavy (non-hydrogen) atoms. The van der Waals surface area contributed by atoms with Gasteiger partial charge in [0.25, 0.3) is 0 Å². The summed E-state index contributed by atoms with van der Waals surface area (Å²) in [6.07, 6.45) is -2.69. The van der Waals surface area contributed by atoms with Gasteiger partial charge in [0.15, 0.2) is 0 Å². The van der Waals surface area contributed by atoms with Gasteiger partial charge in [-0.3, -0.25) is 0 Å². The Labute approximate surface area is 251 Å². The number of hydrogen-bond acceptors (Lipinski definition) is 2.